The van der Waals surface area contributed by atoms with Crippen LogP contribution in [-0.2, 0) is 4.79 Å². The van der Waals surface area contributed by atoms with Gasteiger partial charge in [-0.3, -0.25) is 4.79 Å². The van der Waals surface area contributed by atoms with Gasteiger partial charge in [0.2, 0.25) is 0 Å². The predicted octanol–water partition coefficient (Wildman–Crippen LogP) is -0.180. The fraction of sp³-hybridized carbons (Fsp3) is 0.857. The summed E-state index contributed by atoms with van der Waals surface area (Å²) in [6.07, 6.45) is 0.194. The summed E-state index contributed by atoms with van der Waals surface area (Å²) >= 11 is 0. The molecule has 0 amide bonds. The van der Waals surface area contributed by atoms with Crippen molar-refractivity contribution in [1.29, 1.82) is 0 Å². The van der Waals surface area contributed by atoms with Crippen molar-refractivity contribution < 1.29 is 15.0 Å². The molecule has 0 fully saturated rings. The molecular formula is C7H15NO3. The summed E-state index contributed by atoms with van der Waals surface area (Å²) in [7, 11) is 0. The van der Waals surface area contributed by atoms with Crippen molar-refractivity contribution in [2.75, 3.05) is 6.54 Å². The summed E-state index contributed by atoms with van der Waals surface area (Å²) in [5, 5.41) is 19.9. The van der Waals surface area contributed by atoms with Crippen LogP contribution in [0.1, 0.15) is 20.3 Å². The smallest absolute Gasteiger partial charge is 0.317 e. The maximum atomic E-state index is 10.1. The maximum absolute atomic E-state index is 10.1. The summed E-state index contributed by atoms with van der Waals surface area (Å²) in [6, 6.07) is 0.0473. The van der Waals surface area contributed by atoms with Crippen LogP contribution in [0, 0.1) is 0 Å². The molecule has 0 aromatic rings. The van der Waals surface area contributed by atoms with Crippen molar-refractivity contribution >= 4 is 5.97 Å². The van der Waals surface area contributed by atoms with Crippen LogP contribution in [0.2, 0.25) is 0 Å². The van der Waals surface area contributed by atoms with Gasteiger partial charge >= 0.3 is 5.97 Å². The Labute approximate surface area is 66.2 Å². The van der Waals surface area contributed by atoms with E-state index in [1.54, 1.807) is 6.92 Å². The third kappa shape index (κ3) is 7.29. The largest absolute Gasteiger partial charge is 0.480 e. The second-order valence-corrected chi connectivity index (χ2v) is 2.76. The van der Waals surface area contributed by atoms with E-state index in [2.05, 4.69) is 5.32 Å². The van der Waals surface area contributed by atoms with Gasteiger partial charge in [0, 0.05) is 6.04 Å². The van der Waals surface area contributed by atoms with E-state index in [9.17, 15) is 4.79 Å². The highest BCUT2D eigenvalue weighted by Crippen LogP contribution is 1.95. The van der Waals surface area contributed by atoms with Gasteiger partial charge in [0.05, 0.1) is 12.6 Å². The number of carboxylic acids is 1. The first-order valence-electron chi connectivity index (χ1n) is 3.65. The number of carbonyl (C=O) groups is 1. The Balaban J connectivity index is 3.37. The lowest BCUT2D eigenvalue weighted by Crippen LogP contribution is -2.33. The summed E-state index contributed by atoms with van der Waals surface area (Å²) in [5.41, 5.74) is 0. The molecule has 3 N–H and O–H groups in total. The highest BCUT2D eigenvalue weighted by molar-refractivity contribution is 5.69. The molecule has 4 heteroatoms. The van der Waals surface area contributed by atoms with Gasteiger partial charge in [0.15, 0.2) is 0 Å². The van der Waals surface area contributed by atoms with Crippen molar-refractivity contribution in [3.05, 3.63) is 0 Å². The van der Waals surface area contributed by atoms with Crippen molar-refractivity contribution in [2.45, 2.75) is 32.4 Å². The predicted molar refractivity (Wildman–Crippen MR) is 41.4 cm³/mol. The third-order valence-electron chi connectivity index (χ3n) is 1.30. The van der Waals surface area contributed by atoms with Crippen LogP contribution in [0.25, 0.3) is 0 Å². The number of hydrogen-bond acceptors (Lipinski definition) is 3. The van der Waals surface area contributed by atoms with Crippen LogP contribution in [0.15, 0.2) is 0 Å². The van der Waals surface area contributed by atoms with Crippen molar-refractivity contribution in [3.63, 3.8) is 0 Å². The number of aliphatic hydroxyl groups excluding tert-OH is 1. The molecule has 0 rings (SSSR count). The molecule has 4 nitrogen and oxygen atoms in total. The molecule has 0 aliphatic carbocycles. The van der Waals surface area contributed by atoms with Crippen molar-refractivity contribution in [1.82, 2.24) is 5.32 Å². The Morgan fingerprint density at radius 1 is 1.55 bits per heavy atom. The van der Waals surface area contributed by atoms with Gasteiger partial charge in [-0.05, 0) is 20.3 Å². The summed E-state index contributed by atoms with van der Waals surface area (Å²) in [6.45, 7) is 3.47. The zero-order valence-electron chi connectivity index (χ0n) is 6.87. The van der Waals surface area contributed by atoms with E-state index in [1.807, 2.05) is 6.92 Å². The standard InChI is InChI=1S/C7H15NO3/c1-5(3-6(2)9)8-4-7(10)11/h5-6,8-9H,3-4H2,1-2H3,(H,10,11). The van der Waals surface area contributed by atoms with Crippen LogP contribution in [0.5, 0.6) is 0 Å². The zero-order valence-corrected chi connectivity index (χ0v) is 6.87. The van der Waals surface area contributed by atoms with Gasteiger partial charge < -0.3 is 15.5 Å². The molecule has 2 unspecified atom stereocenters. The topological polar surface area (TPSA) is 69.6 Å². The molecule has 11 heavy (non-hydrogen) atoms. The second kappa shape index (κ2) is 5.09. The minimum atomic E-state index is -0.873. The number of rotatable bonds is 5. The second-order valence-electron chi connectivity index (χ2n) is 2.76. The fourth-order valence-electron chi connectivity index (χ4n) is 0.857. The molecule has 0 saturated carbocycles. The van der Waals surface area contributed by atoms with Gasteiger partial charge in [-0.15, -0.1) is 0 Å². The molecule has 0 saturated heterocycles. The van der Waals surface area contributed by atoms with E-state index in [-0.39, 0.29) is 18.7 Å². The molecule has 0 radical (unpaired) electrons. The molecule has 0 bridgehead atoms. The van der Waals surface area contributed by atoms with E-state index >= 15 is 0 Å². The number of aliphatic hydroxyl groups is 1. The molecule has 0 aliphatic heterocycles. The summed E-state index contributed by atoms with van der Waals surface area (Å²) in [5.74, 6) is -0.873. The van der Waals surface area contributed by atoms with Crippen LogP contribution in [0.3, 0.4) is 0 Å². The number of carboxylic acid groups (broad SMARTS) is 1. The first kappa shape index (κ1) is 10.4. The Morgan fingerprint density at radius 2 is 2.09 bits per heavy atom. The lowest BCUT2D eigenvalue weighted by Gasteiger charge is -2.13. The quantitative estimate of drug-likeness (QED) is 0.523. The van der Waals surface area contributed by atoms with Gasteiger partial charge in [0.1, 0.15) is 0 Å². The molecular weight excluding hydrogens is 146 g/mol. The normalized spacial score (nSPS) is 15.9. The van der Waals surface area contributed by atoms with Gasteiger partial charge in [-0.2, -0.15) is 0 Å². The monoisotopic (exact) mass is 161 g/mol. The molecule has 66 valence electrons. The van der Waals surface area contributed by atoms with E-state index in [1.165, 1.54) is 0 Å². The lowest BCUT2D eigenvalue weighted by molar-refractivity contribution is -0.136. The minimum absolute atomic E-state index is 0.0473. The van der Waals surface area contributed by atoms with E-state index < -0.39 is 5.97 Å². The van der Waals surface area contributed by atoms with E-state index in [0.717, 1.165) is 0 Å². The van der Waals surface area contributed by atoms with E-state index in [4.69, 9.17) is 10.2 Å². The highest BCUT2D eigenvalue weighted by Gasteiger charge is 2.06. The van der Waals surface area contributed by atoms with Crippen LogP contribution < -0.4 is 5.32 Å². The van der Waals surface area contributed by atoms with Crippen molar-refractivity contribution in [2.24, 2.45) is 0 Å². The zero-order chi connectivity index (χ0) is 8.85. The Bertz CT molecular complexity index is 125. The first-order valence-corrected chi connectivity index (χ1v) is 3.65. The molecule has 0 spiro atoms. The van der Waals surface area contributed by atoms with Gasteiger partial charge in [-0.25, -0.2) is 0 Å². The first-order chi connectivity index (χ1) is 5.02. The summed E-state index contributed by atoms with van der Waals surface area (Å²) in [4.78, 5) is 10.1. The van der Waals surface area contributed by atoms with Crippen molar-refractivity contribution in [3.8, 4) is 0 Å². The average molecular weight is 161 g/mol. The molecule has 0 aliphatic rings. The highest BCUT2D eigenvalue weighted by atomic mass is 16.4. The van der Waals surface area contributed by atoms with Crippen LogP contribution >= 0.6 is 0 Å². The van der Waals surface area contributed by atoms with Gasteiger partial charge in [-0.1, -0.05) is 0 Å². The molecule has 0 aromatic carbocycles. The molecule has 2 atom stereocenters. The number of aliphatic carboxylic acids is 1. The lowest BCUT2D eigenvalue weighted by atomic mass is 10.1. The SMILES string of the molecule is CC(O)CC(C)NCC(=O)O. The maximum Gasteiger partial charge on any atom is 0.317 e. The van der Waals surface area contributed by atoms with Gasteiger partial charge in [0.25, 0.3) is 0 Å². The Morgan fingerprint density at radius 3 is 2.45 bits per heavy atom. The molecule has 0 heterocycles. The van der Waals surface area contributed by atoms with E-state index in [0.29, 0.717) is 6.42 Å². The molecule has 0 aromatic heterocycles. The van der Waals surface area contributed by atoms with Crippen LogP contribution in [0.4, 0.5) is 0 Å². The Kier molecular flexibility index (Phi) is 4.81. The Hall–Kier alpha value is -0.610. The summed E-state index contributed by atoms with van der Waals surface area (Å²) < 4.78 is 0. The number of nitrogens with one attached hydrogen (secondary N) is 1. The number of hydrogen-bond donors (Lipinski definition) is 3. The third-order valence-corrected chi connectivity index (χ3v) is 1.30. The average Bonchev–Trinajstić information content (AvgIpc) is 1.82. The fourth-order valence-corrected chi connectivity index (χ4v) is 0.857. The minimum Gasteiger partial charge on any atom is -0.480 e. The van der Waals surface area contributed by atoms with Crippen LogP contribution in [-0.4, -0.2) is 34.9 Å².